The van der Waals surface area contributed by atoms with Gasteiger partial charge in [-0.3, -0.25) is 0 Å². The van der Waals surface area contributed by atoms with Gasteiger partial charge in [0, 0.05) is 31.7 Å². The Kier molecular flexibility index (Phi) is 30.7. The number of nitrogens with zero attached hydrogens (tertiary/aromatic N) is 1. The molecule has 6 heteroatoms. The van der Waals surface area contributed by atoms with Crippen molar-refractivity contribution in [3.63, 3.8) is 0 Å². The number of nitrogens with two attached hydrogens (primary N) is 1. The number of benzene rings is 3. The number of allylic oxidation sites excluding steroid dienone is 1. The summed E-state index contributed by atoms with van der Waals surface area (Å²) in [6.45, 7) is 26.8. The summed E-state index contributed by atoms with van der Waals surface area (Å²) in [5, 5.41) is 18.2. The number of aliphatic hydroxyl groups excluding tert-OH is 1. The van der Waals surface area contributed by atoms with Crippen molar-refractivity contribution in [3.8, 4) is 11.1 Å². The first kappa shape index (κ1) is 49.8. The Morgan fingerprint density at radius 1 is 0.852 bits per heavy atom. The third-order valence-corrected chi connectivity index (χ3v) is 8.44. The van der Waals surface area contributed by atoms with E-state index in [0.29, 0.717) is 0 Å². The number of hydrogen-bond donors (Lipinski definition) is 4. The van der Waals surface area contributed by atoms with Crippen molar-refractivity contribution in [1.82, 2.24) is 10.3 Å². The lowest BCUT2D eigenvalue weighted by atomic mass is 9.92. The molecule has 1 aromatic heterocycles. The molecule has 298 valence electrons. The second kappa shape index (κ2) is 33.3. The highest BCUT2D eigenvalue weighted by molar-refractivity contribution is 5.98. The van der Waals surface area contributed by atoms with Crippen LogP contribution in [0, 0.1) is 6.92 Å². The second-order valence-electron chi connectivity index (χ2n) is 12.6. The number of ether oxygens (including phenoxy) is 1. The zero-order valence-electron chi connectivity index (χ0n) is 34.8. The van der Waals surface area contributed by atoms with E-state index < -0.39 is 0 Å². The maximum absolute atomic E-state index is 9.03. The quantitative estimate of drug-likeness (QED) is 0.0502. The standard InChI is InChI=1S/C28H36O.C15H23N3O.C2H6.C2H4.CH5N/c1-3-5-21-29-22-10-6-7-12-24-19-20-27(28-14-9-8-13-26(24)28)25-17-15-23(11-4-2)16-18-25;1-4-14(11-19)18-13(3)6-5-8-16-15-10-12(2)7-9-17-15;3*1-2/h8-9,13-20H,3-7,10-12,21-22H2,1-2H3;4,7,9-10,14,18-19H,1,3,5-6,8,11H2,2H3,(H,16,17);1-2H3;1-2H2;2H2,1H3. The van der Waals surface area contributed by atoms with Crippen LogP contribution in [0.25, 0.3) is 21.9 Å². The molecule has 0 radical (unpaired) electrons. The van der Waals surface area contributed by atoms with E-state index in [0.717, 1.165) is 57.0 Å². The average molecular weight is 739 g/mol. The van der Waals surface area contributed by atoms with Crippen molar-refractivity contribution in [1.29, 1.82) is 0 Å². The van der Waals surface area contributed by atoms with Gasteiger partial charge in [0.1, 0.15) is 5.82 Å². The van der Waals surface area contributed by atoms with Crippen LogP contribution in [0.2, 0.25) is 0 Å². The fraction of sp³-hybridized carbons (Fsp3) is 0.438. The lowest BCUT2D eigenvalue weighted by Gasteiger charge is -2.15. The average Bonchev–Trinajstić information content (AvgIpc) is 3.22. The van der Waals surface area contributed by atoms with Crippen molar-refractivity contribution < 1.29 is 9.84 Å². The van der Waals surface area contributed by atoms with Crippen LogP contribution in [0.15, 0.2) is 117 Å². The summed E-state index contributed by atoms with van der Waals surface area (Å²) >= 11 is 0. The number of nitrogens with one attached hydrogen (secondary N) is 2. The summed E-state index contributed by atoms with van der Waals surface area (Å²) in [7, 11) is 1.50. The van der Waals surface area contributed by atoms with Crippen LogP contribution in [-0.4, -0.2) is 49.5 Å². The minimum Gasteiger partial charge on any atom is -0.394 e. The molecule has 4 rings (SSSR count). The summed E-state index contributed by atoms with van der Waals surface area (Å²) in [6.07, 6.45) is 14.8. The van der Waals surface area contributed by atoms with Gasteiger partial charge in [-0.05, 0) is 110 Å². The topological polar surface area (TPSA) is 92.4 Å². The van der Waals surface area contributed by atoms with Gasteiger partial charge in [-0.1, -0.05) is 120 Å². The van der Waals surface area contributed by atoms with E-state index in [9.17, 15) is 0 Å². The van der Waals surface area contributed by atoms with Gasteiger partial charge >= 0.3 is 0 Å². The summed E-state index contributed by atoms with van der Waals surface area (Å²) in [5.41, 5.74) is 12.2. The molecule has 1 unspecified atom stereocenters. The number of rotatable bonds is 21. The number of anilines is 1. The Morgan fingerprint density at radius 2 is 1.54 bits per heavy atom. The molecule has 0 aliphatic carbocycles. The minimum absolute atomic E-state index is 0.0357. The zero-order chi connectivity index (χ0) is 40.4. The zero-order valence-corrected chi connectivity index (χ0v) is 34.8. The molecule has 5 N–H and O–H groups in total. The first-order valence-corrected chi connectivity index (χ1v) is 20.1. The molecule has 0 spiro atoms. The van der Waals surface area contributed by atoms with Crippen LogP contribution in [0.5, 0.6) is 0 Å². The molecule has 0 saturated heterocycles. The number of aryl methyl sites for hydroxylation is 3. The van der Waals surface area contributed by atoms with Gasteiger partial charge in [0.05, 0.1) is 12.6 Å². The maximum atomic E-state index is 9.03. The van der Waals surface area contributed by atoms with E-state index in [1.165, 1.54) is 84.2 Å². The van der Waals surface area contributed by atoms with E-state index in [4.69, 9.17) is 9.84 Å². The lowest BCUT2D eigenvalue weighted by Crippen LogP contribution is -2.29. The Labute approximate surface area is 330 Å². The molecule has 0 fully saturated rings. The van der Waals surface area contributed by atoms with Gasteiger partial charge in [0.15, 0.2) is 0 Å². The van der Waals surface area contributed by atoms with E-state index >= 15 is 0 Å². The Balaban J connectivity index is 0.000000975. The van der Waals surface area contributed by atoms with Gasteiger partial charge in [-0.15, -0.1) is 19.7 Å². The molecule has 0 aliphatic rings. The van der Waals surface area contributed by atoms with Gasteiger partial charge < -0.3 is 26.2 Å². The molecule has 0 saturated carbocycles. The van der Waals surface area contributed by atoms with E-state index in [-0.39, 0.29) is 12.6 Å². The summed E-state index contributed by atoms with van der Waals surface area (Å²) in [6, 6.07) is 26.6. The van der Waals surface area contributed by atoms with Crippen molar-refractivity contribution in [2.45, 2.75) is 105 Å². The van der Waals surface area contributed by atoms with E-state index in [2.05, 4.69) is 122 Å². The Hall–Kier alpha value is -4.23. The van der Waals surface area contributed by atoms with Crippen LogP contribution in [0.3, 0.4) is 0 Å². The monoisotopic (exact) mass is 739 g/mol. The molecule has 0 amide bonds. The van der Waals surface area contributed by atoms with Gasteiger partial charge in [-0.2, -0.15) is 0 Å². The first-order valence-electron chi connectivity index (χ1n) is 20.1. The number of pyridine rings is 1. The van der Waals surface area contributed by atoms with Gasteiger partial charge in [0.25, 0.3) is 0 Å². The Morgan fingerprint density at radius 3 is 2.17 bits per heavy atom. The van der Waals surface area contributed by atoms with Crippen molar-refractivity contribution in [2.75, 3.05) is 38.7 Å². The summed E-state index contributed by atoms with van der Waals surface area (Å²) in [4.78, 5) is 4.24. The number of unbranched alkanes of at least 4 members (excludes halogenated alkanes) is 3. The normalized spacial score (nSPS) is 10.4. The highest BCUT2D eigenvalue weighted by Gasteiger charge is 2.08. The van der Waals surface area contributed by atoms with Crippen LogP contribution < -0.4 is 16.4 Å². The van der Waals surface area contributed by atoms with Crippen molar-refractivity contribution in [3.05, 3.63) is 134 Å². The molecule has 3 aromatic carbocycles. The molecule has 1 heterocycles. The molecule has 54 heavy (non-hydrogen) atoms. The molecular weight excluding hydrogens is 665 g/mol. The SMILES string of the molecule is C=C.C=CC(CO)NC(=C)CCCNc1cc(C)ccn1.CC.CCCCOCCCCCc1ccc(-c2ccc(CCC)cc2)c2ccccc12.CN. The lowest BCUT2D eigenvalue weighted by molar-refractivity contribution is 0.127. The van der Waals surface area contributed by atoms with Crippen molar-refractivity contribution >= 4 is 16.6 Å². The third kappa shape index (κ3) is 20.3. The summed E-state index contributed by atoms with van der Waals surface area (Å²) < 4.78 is 5.68. The van der Waals surface area contributed by atoms with Crippen LogP contribution in [0.1, 0.15) is 95.8 Å². The number of aliphatic hydroxyl groups is 1. The predicted molar refractivity (Wildman–Crippen MR) is 239 cm³/mol. The predicted octanol–water partition coefficient (Wildman–Crippen LogP) is 11.6. The van der Waals surface area contributed by atoms with E-state index in [1.54, 1.807) is 12.3 Å². The van der Waals surface area contributed by atoms with Crippen LogP contribution >= 0.6 is 0 Å². The highest BCUT2D eigenvalue weighted by atomic mass is 16.5. The third-order valence-electron chi connectivity index (χ3n) is 8.44. The molecule has 1 atom stereocenters. The maximum Gasteiger partial charge on any atom is 0.126 e. The number of fused-ring (bicyclic) bond motifs is 1. The van der Waals surface area contributed by atoms with Gasteiger partial charge in [0.2, 0.25) is 0 Å². The largest absolute Gasteiger partial charge is 0.394 e. The smallest absolute Gasteiger partial charge is 0.126 e. The first-order chi connectivity index (χ1) is 26.5. The Bertz CT molecular complexity index is 1520. The number of aromatic nitrogens is 1. The van der Waals surface area contributed by atoms with E-state index in [1.807, 2.05) is 32.9 Å². The van der Waals surface area contributed by atoms with Crippen LogP contribution in [-0.2, 0) is 17.6 Å². The van der Waals surface area contributed by atoms with Gasteiger partial charge in [-0.25, -0.2) is 4.98 Å². The van der Waals surface area contributed by atoms with Crippen molar-refractivity contribution in [2.24, 2.45) is 5.73 Å². The molecular formula is C48H74N4O2. The molecule has 0 aliphatic heterocycles. The molecule has 6 nitrogen and oxygen atoms in total. The summed E-state index contributed by atoms with van der Waals surface area (Å²) in [5.74, 6) is 0.901. The number of hydrogen-bond acceptors (Lipinski definition) is 6. The molecule has 0 bridgehead atoms. The minimum atomic E-state index is -0.112. The second-order valence-corrected chi connectivity index (χ2v) is 12.6. The van der Waals surface area contributed by atoms with Crippen LogP contribution in [0.4, 0.5) is 5.82 Å². The highest BCUT2D eigenvalue weighted by Crippen LogP contribution is 2.32. The molecule has 4 aromatic rings. The fourth-order valence-electron chi connectivity index (χ4n) is 5.68. The fourth-order valence-corrected chi connectivity index (χ4v) is 5.68.